The van der Waals surface area contributed by atoms with Crippen LogP contribution in [0.15, 0.2) is 24.5 Å². The Kier molecular flexibility index (Phi) is 4.87. The van der Waals surface area contributed by atoms with Crippen LogP contribution in [0.2, 0.25) is 5.15 Å². The number of nitrogens with zero attached hydrogens (tertiary/aromatic N) is 2. The Morgan fingerprint density at radius 1 is 1.36 bits per heavy atom. The molecule has 0 aromatic carbocycles. The Hall–Kier alpha value is -2.28. The average molecular weight is 329 g/mol. The molecule has 0 aliphatic heterocycles. The first-order valence-electron chi connectivity index (χ1n) is 6.08. The first-order valence-corrected chi connectivity index (χ1v) is 6.46. The number of hydrogen-bond acceptors (Lipinski definition) is 5. The summed E-state index contributed by atoms with van der Waals surface area (Å²) >= 11 is 6.00. The van der Waals surface area contributed by atoms with Crippen LogP contribution in [0.5, 0.6) is 5.75 Å². The molecular weight excluding hydrogens is 318 g/mol. The van der Waals surface area contributed by atoms with E-state index in [-0.39, 0.29) is 27.6 Å². The van der Waals surface area contributed by atoms with Gasteiger partial charge in [-0.25, -0.2) is 9.78 Å². The molecule has 0 spiro atoms. The van der Waals surface area contributed by atoms with Crippen molar-refractivity contribution in [1.29, 1.82) is 0 Å². The molecule has 0 amide bonds. The van der Waals surface area contributed by atoms with Gasteiger partial charge in [-0.3, -0.25) is 4.98 Å². The summed E-state index contributed by atoms with van der Waals surface area (Å²) in [5.74, 6) is -0.906. The number of alkyl halides is 2. The Morgan fingerprint density at radius 2 is 2.09 bits per heavy atom. The molecule has 0 aliphatic rings. The Labute approximate surface area is 129 Å². The van der Waals surface area contributed by atoms with Crippen LogP contribution >= 0.6 is 11.6 Å². The van der Waals surface area contributed by atoms with Gasteiger partial charge in [0.2, 0.25) is 0 Å². The Morgan fingerprint density at radius 3 is 2.73 bits per heavy atom. The highest BCUT2D eigenvalue weighted by Gasteiger charge is 2.22. The number of carbonyl (C=O) groups is 1. The third kappa shape index (κ3) is 3.30. The molecule has 0 saturated heterocycles. The highest BCUT2D eigenvalue weighted by atomic mass is 35.5. The molecule has 2 aromatic rings. The maximum Gasteiger partial charge on any atom is 0.387 e. The lowest BCUT2D eigenvalue weighted by Gasteiger charge is -2.14. The molecule has 0 fully saturated rings. The molecule has 0 saturated carbocycles. The van der Waals surface area contributed by atoms with Crippen molar-refractivity contribution in [3.63, 3.8) is 0 Å². The normalized spacial score (nSPS) is 10.6. The van der Waals surface area contributed by atoms with E-state index in [9.17, 15) is 13.6 Å². The molecule has 22 heavy (non-hydrogen) atoms. The zero-order valence-electron chi connectivity index (χ0n) is 11.6. The number of hydrogen-bond donors (Lipinski definition) is 0. The summed E-state index contributed by atoms with van der Waals surface area (Å²) in [6, 6.07) is 2.97. The SMILES string of the molecule is COC(=O)c1c(-c2ccncc2OC(F)F)cc(C)nc1Cl. The minimum Gasteiger partial charge on any atom is -0.465 e. The van der Waals surface area contributed by atoms with Gasteiger partial charge in [0.25, 0.3) is 0 Å². The number of pyridine rings is 2. The van der Waals surface area contributed by atoms with Crippen LogP contribution in [0.1, 0.15) is 16.1 Å². The number of esters is 1. The quantitative estimate of drug-likeness (QED) is 0.635. The van der Waals surface area contributed by atoms with Crippen LogP contribution in [0.25, 0.3) is 11.1 Å². The average Bonchev–Trinajstić information content (AvgIpc) is 2.45. The fourth-order valence-corrected chi connectivity index (χ4v) is 2.25. The molecular formula is C14H11ClF2N2O3. The number of ether oxygens (including phenoxy) is 2. The van der Waals surface area contributed by atoms with Crippen molar-refractivity contribution < 1.29 is 23.0 Å². The van der Waals surface area contributed by atoms with Crippen LogP contribution in [0.3, 0.4) is 0 Å². The van der Waals surface area contributed by atoms with E-state index >= 15 is 0 Å². The van der Waals surface area contributed by atoms with Crippen LogP contribution in [-0.4, -0.2) is 29.7 Å². The van der Waals surface area contributed by atoms with Gasteiger partial charge >= 0.3 is 12.6 Å². The lowest BCUT2D eigenvalue weighted by molar-refractivity contribution is -0.0496. The van der Waals surface area contributed by atoms with E-state index < -0.39 is 12.6 Å². The summed E-state index contributed by atoms with van der Waals surface area (Å²) < 4.78 is 34.1. The van der Waals surface area contributed by atoms with Gasteiger partial charge in [0.15, 0.2) is 5.75 Å². The van der Waals surface area contributed by atoms with Crippen LogP contribution in [0.4, 0.5) is 8.78 Å². The summed E-state index contributed by atoms with van der Waals surface area (Å²) in [5, 5.41) is -0.0818. The predicted molar refractivity (Wildman–Crippen MR) is 75.2 cm³/mol. The lowest BCUT2D eigenvalue weighted by atomic mass is 10.0. The minimum absolute atomic E-state index is 0.0277. The van der Waals surface area contributed by atoms with Gasteiger partial charge in [-0.2, -0.15) is 8.78 Å². The smallest absolute Gasteiger partial charge is 0.387 e. The molecule has 2 rings (SSSR count). The molecule has 0 aliphatic carbocycles. The van der Waals surface area contributed by atoms with Crippen molar-refractivity contribution in [1.82, 2.24) is 9.97 Å². The molecule has 2 aromatic heterocycles. The molecule has 116 valence electrons. The number of aromatic nitrogens is 2. The van der Waals surface area contributed by atoms with E-state index in [1.54, 1.807) is 6.92 Å². The van der Waals surface area contributed by atoms with Gasteiger partial charge in [-0.05, 0) is 19.1 Å². The highest BCUT2D eigenvalue weighted by Crippen LogP contribution is 2.35. The topological polar surface area (TPSA) is 61.3 Å². The fraction of sp³-hybridized carbons (Fsp3) is 0.214. The van der Waals surface area contributed by atoms with Crippen molar-refractivity contribution in [3.8, 4) is 16.9 Å². The number of rotatable bonds is 4. The summed E-state index contributed by atoms with van der Waals surface area (Å²) in [4.78, 5) is 19.6. The second-order valence-electron chi connectivity index (χ2n) is 4.22. The minimum atomic E-state index is -3.03. The van der Waals surface area contributed by atoms with Gasteiger partial charge < -0.3 is 9.47 Å². The second kappa shape index (κ2) is 6.65. The van der Waals surface area contributed by atoms with Gasteiger partial charge in [0, 0.05) is 23.0 Å². The number of carbonyl (C=O) groups excluding carboxylic acids is 1. The third-order valence-electron chi connectivity index (χ3n) is 2.78. The molecule has 0 atom stereocenters. The summed E-state index contributed by atoms with van der Waals surface area (Å²) in [7, 11) is 1.19. The molecule has 5 nitrogen and oxygen atoms in total. The van der Waals surface area contributed by atoms with Crippen molar-refractivity contribution >= 4 is 17.6 Å². The molecule has 2 heterocycles. The van der Waals surface area contributed by atoms with E-state index in [2.05, 4.69) is 19.4 Å². The highest BCUT2D eigenvalue weighted by molar-refractivity contribution is 6.33. The second-order valence-corrected chi connectivity index (χ2v) is 4.58. The zero-order valence-corrected chi connectivity index (χ0v) is 12.4. The molecule has 0 unspecified atom stereocenters. The van der Waals surface area contributed by atoms with Crippen molar-refractivity contribution in [3.05, 3.63) is 40.9 Å². The van der Waals surface area contributed by atoms with E-state index in [1.807, 2.05) is 0 Å². The van der Waals surface area contributed by atoms with Gasteiger partial charge in [0.1, 0.15) is 10.7 Å². The lowest BCUT2D eigenvalue weighted by Crippen LogP contribution is -2.09. The van der Waals surface area contributed by atoms with Gasteiger partial charge in [0.05, 0.1) is 13.3 Å². The molecule has 0 N–H and O–H groups in total. The number of methoxy groups -OCH3 is 1. The molecule has 0 radical (unpaired) electrons. The number of aryl methyl sites for hydroxylation is 1. The third-order valence-corrected chi connectivity index (χ3v) is 3.06. The number of halogens is 3. The fourth-order valence-electron chi connectivity index (χ4n) is 1.94. The standard InChI is InChI=1S/C14H11ClF2N2O3/c1-7-5-9(11(12(15)19-7)13(20)21-2)8-3-4-18-6-10(8)22-14(16)17/h3-6,14H,1-2H3. The maximum absolute atomic E-state index is 12.5. The van der Waals surface area contributed by atoms with Crippen LogP contribution in [-0.2, 0) is 4.74 Å². The van der Waals surface area contributed by atoms with Crippen molar-refractivity contribution in [2.24, 2.45) is 0 Å². The maximum atomic E-state index is 12.5. The van der Waals surface area contributed by atoms with E-state index in [0.717, 1.165) is 6.20 Å². The zero-order chi connectivity index (χ0) is 16.3. The molecule has 8 heteroatoms. The first kappa shape index (κ1) is 16.1. The monoisotopic (exact) mass is 328 g/mol. The Balaban J connectivity index is 2.69. The van der Waals surface area contributed by atoms with Crippen molar-refractivity contribution in [2.75, 3.05) is 7.11 Å². The van der Waals surface area contributed by atoms with E-state index in [1.165, 1.54) is 25.4 Å². The summed E-state index contributed by atoms with van der Waals surface area (Å²) in [5.41, 5.74) is 0.998. The summed E-state index contributed by atoms with van der Waals surface area (Å²) in [6.45, 7) is -1.37. The van der Waals surface area contributed by atoms with Crippen LogP contribution < -0.4 is 4.74 Å². The Bertz CT molecular complexity index is 710. The van der Waals surface area contributed by atoms with Crippen LogP contribution in [0, 0.1) is 6.92 Å². The molecule has 0 bridgehead atoms. The van der Waals surface area contributed by atoms with E-state index in [4.69, 9.17) is 11.6 Å². The predicted octanol–water partition coefficient (Wildman–Crippen LogP) is 3.49. The largest absolute Gasteiger partial charge is 0.465 e. The van der Waals surface area contributed by atoms with Crippen molar-refractivity contribution in [2.45, 2.75) is 13.5 Å². The summed E-state index contributed by atoms with van der Waals surface area (Å²) in [6.07, 6.45) is 2.52. The first-order chi connectivity index (χ1) is 10.4. The van der Waals surface area contributed by atoms with Gasteiger partial charge in [-0.1, -0.05) is 11.6 Å². The van der Waals surface area contributed by atoms with Gasteiger partial charge in [-0.15, -0.1) is 0 Å². The van der Waals surface area contributed by atoms with E-state index in [0.29, 0.717) is 5.69 Å².